The summed E-state index contributed by atoms with van der Waals surface area (Å²) in [5.41, 5.74) is 7.77. The Balaban J connectivity index is 1.80. The lowest BCUT2D eigenvalue weighted by atomic mass is 9.97. The summed E-state index contributed by atoms with van der Waals surface area (Å²) in [6.45, 7) is 11.8. The molecule has 0 saturated carbocycles. The predicted molar refractivity (Wildman–Crippen MR) is 87.3 cm³/mol. The summed E-state index contributed by atoms with van der Waals surface area (Å²) in [4.78, 5) is 2.41. The fourth-order valence-corrected chi connectivity index (χ4v) is 2.72. The molecule has 1 atom stereocenters. The van der Waals surface area contributed by atoms with E-state index in [1.165, 1.54) is 33.5 Å². The van der Waals surface area contributed by atoms with Gasteiger partial charge in [-0.1, -0.05) is 48.0 Å². The van der Waals surface area contributed by atoms with E-state index >= 15 is 0 Å². The molecule has 1 aliphatic heterocycles. The van der Waals surface area contributed by atoms with Crippen molar-refractivity contribution in [1.82, 2.24) is 0 Å². The molecule has 0 bridgehead atoms. The molecular weight excluding hydrogens is 242 g/mol. The Morgan fingerprint density at radius 1 is 1.00 bits per heavy atom. The maximum absolute atomic E-state index is 4.34. The third-order valence-corrected chi connectivity index (χ3v) is 4.12. The zero-order valence-electron chi connectivity index (χ0n) is 12.5. The van der Waals surface area contributed by atoms with Gasteiger partial charge >= 0.3 is 0 Å². The maximum atomic E-state index is 4.34. The highest BCUT2D eigenvalue weighted by atomic mass is 15.3. The summed E-state index contributed by atoms with van der Waals surface area (Å²) < 4.78 is 0. The highest BCUT2D eigenvalue weighted by molar-refractivity contribution is 5.79. The zero-order valence-corrected chi connectivity index (χ0v) is 12.5. The minimum atomic E-state index is 0.457. The van der Waals surface area contributed by atoms with Crippen molar-refractivity contribution in [2.75, 3.05) is 11.4 Å². The van der Waals surface area contributed by atoms with Crippen LogP contribution in [0, 0.1) is 20.8 Å². The quantitative estimate of drug-likeness (QED) is 0.736. The van der Waals surface area contributed by atoms with Crippen LogP contribution in [-0.2, 0) is 0 Å². The summed E-state index contributed by atoms with van der Waals surface area (Å²) in [7, 11) is 0. The van der Waals surface area contributed by atoms with Crippen molar-refractivity contribution in [1.29, 1.82) is 0 Å². The van der Waals surface area contributed by atoms with E-state index in [4.69, 9.17) is 0 Å². The number of nitrogens with zero attached hydrogens (tertiary/aromatic N) is 1. The van der Waals surface area contributed by atoms with Crippen molar-refractivity contribution >= 4 is 11.3 Å². The lowest BCUT2D eigenvalue weighted by Crippen LogP contribution is -2.02. The third-order valence-electron chi connectivity index (χ3n) is 4.12. The third kappa shape index (κ3) is 2.36. The first-order valence-electron chi connectivity index (χ1n) is 7.16. The van der Waals surface area contributed by atoms with Crippen molar-refractivity contribution in [3.63, 3.8) is 0 Å². The fourth-order valence-electron chi connectivity index (χ4n) is 2.72. The van der Waals surface area contributed by atoms with E-state index in [0.29, 0.717) is 6.04 Å². The van der Waals surface area contributed by atoms with Crippen molar-refractivity contribution in [2.24, 2.45) is 0 Å². The molecule has 1 saturated heterocycles. The fraction of sp³-hybridized carbons (Fsp3) is 0.263. The molecule has 0 amide bonds. The predicted octanol–water partition coefficient (Wildman–Crippen LogP) is 4.51. The topological polar surface area (TPSA) is 3.01 Å². The average molecular weight is 263 g/mol. The highest BCUT2D eigenvalue weighted by Crippen LogP contribution is 2.37. The SMILES string of the molecule is C=C(c1cc(C)ccc1C)C1CN1c1ccc(C)cc1. The van der Waals surface area contributed by atoms with Gasteiger partial charge in [-0.15, -0.1) is 0 Å². The summed E-state index contributed by atoms with van der Waals surface area (Å²) in [5.74, 6) is 0. The molecule has 20 heavy (non-hydrogen) atoms. The number of rotatable bonds is 3. The lowest BCUT2D eigenvalue weighted by Gasteiger charge is -2.12. The number of aryl methyl sites for hydroxylation is 3. The molecule has 1 heterocycles. The van der Waals surface area contributed by atoms with Crippen molar-refractivity contribution in [3.05, 3.63) is 71.3 Å². The first kappa shape index (κ1) is 13.0. The van der Waals surface area contributed by atoms with Crippen LogP contribution in [0.4, 0.5) is 5.69 Å². The van der Waals surface area contributed by atoms with Crippen molar-refractivity contribution in [3.8, 4) is 0 Å². The van der Waals surface area contributed by atoms with Gasteiger partial charge in [0.25, 0.3) is 0 Å². The second kappa shape index (κ2) is 4.82. The van der Waals surface area contributed by atoms with Crippen molar-refractivity contribution in [2.45, 2.75) is 26.8 Å². The molecule has 1 heteroatoms. The molecule has 0 N–H and O–H groups in total. The minimum absolute atomic E-state index is 0.457. The van der Waals surface area contributed by atoms with E-state index in [2.05, 4.69) is 74.7 Å². The first-order chi connectivity index (χ1) is 9.56. The van der Waals surface area contributed by atoms with E-state index in [0.717, 1.165) is 6.54 Å². The van der Waals surface area contributed by atoms with Gasteiger partial charge in [-0.3, -0.25) is 0 Å². The molecule has 102 valence electrons. The lowest BCUT2D eigenvalue weighted by molar-refractivity contribution is 1.25. The maximum Gasteiger partial charge on any atom is 0.0719 e. The van der Waals surface area contributed by atoms with Gasteiger partial charge < -0.3 is 4.90 Å². The monoisotopic (exact) mass is 263 g/mol. The molecule has 1 unspecified atom stereocenters. The average Bonchev–Trinajstić information content (AvgIpc) is 3.22. The summed E-state index contributed by atoms with van der Waals surface area (Å²) in [5, 5.41) is 0. The number of hydrogen-bond donors (Lipinski definition) is 0. The molecule has 3 rings (SSSR count). The Bertz CT molecular complexity index is 652. The molecule has 0 spiro atoms. The second-order valence-electron chi connectivity index (χ2n) is 5.85. The van der Waals surface area contributed by atoms with E-state index < -0.39 is 0 Å². The Kier molecular flexibility index (Phi) is 3.13. The van der Waals surface area contributed by atoms with Crippen LogP contribution in [0.15, 0.2) is 49.0 Å². The van der Waals surface area contributed by atoms with E-state index in [1.54, 1.807) is 0 Å². The summed E-state index contributed by atoms with van der Waals surface area (Å²) >= 11 is 0. The molecular formula is C19H21N. The Morgan fingerprint density at radius 2 is 1.65 bits per heavy atom. The Hall–Kier alpha value is -2.02. The molecule has 0 aromatic heterocycles. The molecule has 0 aliphatic carbocycles. The van der Waals surface area contributed by atoms with Crippen molar-refractivity contribution < 1.29 is 0 Å². The van der Waals surface area contributed by atoms with Crippen LogP contribution < -0.4 is 4.90 Å². The first-order valence-corrected chi connectivity index (χ1v) is 7.16. The van der Waals surface area contributed by atoms with Gasteiger partial charge in [-0.2, -0.15) is 0 Å². The van der Waals surface area contributed by atoms with Crippen LogP contribution >= 0.6 is 0 Å². The molecule has 0 radical (unpaired) electrons. The second-order valence-corrected chi connectivity index (χ2v) is 5.85. The van der Waals surface area contributed by atoms with Crippen LogP contribution in [0.5, 0.6) is 0 Å². The van der Waals surface area contributed by atoms with Gasteiger partial charge in [0.2, 0.25) is 0 Å². The molecule has 1 nitrogen and oxygen atoms in total. The largest absolute Gasteiger partial charge is 0.360 e. The van der Waals surface area contributed by atoms with Gasteiger partial charge in [-0.25, -0.2) is 0 Å². The molecule has 2 aromatic carbocycles. The molecule has 1 fully saturated rings. The van der Waals surface area contributed by atoms with Gasteiger partial charge in [0.15, 0.2) is 0 Å². The van der Waals surface area contributed by atoms with E-state index in [-0.39, 0.29) is 0 Å². The highest BCUT2D eigenvalue weighted by Gasteiger charge is 2.37. The van der Waals surface area contributed by atoms with E-state index in [1.807, 2.05) is 0 Å². The minimum Gasteiger partial charge on any atom is -0.360 e. The van der Waals surface area contributed by atoms with E-state index in [9.17, 15) is 0 Å². The van der Waals surface area contributed by atoms with Crippen LogP contribution in [0.2, 0.25) is 0 Å². The zero-order chi connectivity index (χ0) is 14.3. The molecule has 1 aliphatic rings. The van der Waals surface area contributed by atoms with Crippen LogP contribution in [0.3, 0.4) is 0 Å². The van der Waals surface area contributed by atoms with Crippen LogP contribution in [0.25, 0.3) is 5.57 Å². The Labute approximate surface area is 121 Å². The summed E-state index contributed by atoms with van der Waals surface area (Å²) in [6.07, 6.45) is 0. The van der Waals surface area contributed by atoms with Gasteiger partial charge in [-0.05, 0) is 49.6 Å². The standard InChI is InChI=1S/C19H21N/c1-13-6-9-17(10-7-13)20-12-19(20)16(4)18-11-14(2)5-8-15(18)3/h5-11,19H,4,12H2,1-3H3. The number of anilines is 1. The van der Waals surface area contributed by atoms with Gasteiger partial charge in [0, 0.05) is 12.2 Å². The number of benzene rings is 2. The van der Waals surface area contributed by atoms with Crippen LogP contribution in [0.1, 0.15) is 22.3 Å². The summed E-state index contributed by atoms with van der Waals surface area (Å²) in [6, 6.07) is 15.8. The van der Waals surface area contributed by atoms with Gasteiger partial charge in [0.1, 0.15) is 0 Å². The Morgan fingerprint density at radius 3 is 2.35 bits per heavy atom. The molecule has 2 aromatic rings. The van der Waals surface area contributed by atoms with Gasteiger partial charge in [0.05, 0.1) is 6.04 Å². The normalized spacial score (nSPS) is 17.1. The number of hydrogen-bond acceptors (Lipinski definition) is 1. The van der Waals surface area contributed by atoms with Crippen LogP contribution in [-0.4, -0.2) is 12.6 Å². The smallest absolute Gasteiger partial charge is 0.0719 e.